The van der Waals surface area contributed by atoms with E-state index in [1.165, 1.54) is 6.26 Å². The fourth-order valence-electron chi connectivity index (χ4n) is 2.91. The van der Waals surface area contributed by atoms with Crippen LogP contribution in [0.5, 0.6) is 0 Å². The standard InChI is InChI=1S/C15H19N3O3S/c1-11-16-15(21-17-11)12-6-5-9-18(10-12)13-7-3-4-8-14(13)22(2,19)20/h3-4,7-8,12H,5-6,9-10H2,1-2H3/t12-/m1/s1. The molecule has 3 rings (SSSR count). The van der Waals surface area contributed by atoms with E-state index < -0.39 is 9.84 Å². The smallest absolute Gasteiger partial charge is 0.231 e. The molecule has 0 spiro atoms. The second-order valence-electron chi connectivity index (χ2n) is 5.70. The summed E-state index contributed by atoms with van der Waals surface area (Å²) in [5.41, 5.74) is 0.755. The second kappa shape index (κ2) is 5.72. The molecule has 1 aromatic heterocycles. The number of hydrogen-bond acceptors (Lipinski definition) is 6. The summed E-state index contributed by atoms with van der Waals surface area (Å²) in [6.45, 7) is 3.32. The Kier molecular flexibility index (Phi) is 3.90. The Morgan fingerprint density at radius 1 is 1.32 bits per heavy atom. The van der Waals surface area contributed by atoms with E-state index in [2.05, 4.69) is 15.0 Å². The zero-order valence-electron chi connectivity index (χ0n) is 12.7. The summed E-state index contributed by atoms with van der Waals surface area (Å²) in [5, 5.41) is 3.85. The van der Waals surface area contributed by atoms with E-state index in [0.717, 1.165) is 25.1 Å². The molecule has 2 heterocycles. The van der Waals surface area contributed by atoms with Gasteiger partial charge in [0.05, 0.1) is 16.5 Å². The first-order valence-corrected chi connectivity index (χ1v) is 9.18. The number of nitrogens with zero attached hydrogens (tertiary/aromatic N) is 3. The molecule has 1 aliphatic rings. The maximum atomic E-state index is 12.0. The molecule has 1 aliphatic heterocycles. The van der Waals surface area contributed by atoms with Gasteiger partial charge in [-0.25, -0.2) is 8.42 Å². The van der Waals surface area contributed by atoms with E-state index in [1.54, 1.807) is 19.1 Å². The van der Waals surface area contributed by atoms with Gasteiger partial charge in [0.1, 0.15) is 0 Å². The lowest BCUT2D eigenvalue weighted by Crippen LogP contribution is -2.35. The van der Waals surface area contributed by atoms with Crippen molar-refractivity contribution in [1.29, 1.82) is 0 Å². The molecule has 1 saturated heterocycles. The molecule has 0 unspecified atom stereocenters. The van der Waals surface area contributed by atoms with Crippen LogP contribution in [0.15, 0.2) is 33.7 Å². The van der Waals surface area contributed by atoms with Crippen LogP contribution in [0.4, 0.5) is 5.69 Å². The molecule has 6 nitrogen and oxygen atoms in total. The van der Waals surface area contributed by atoms with Gasteiger partial charge in [-0.15, -0.1) is 0 Å². The maximum Gasteiger partial charge on any atom is 0.231 e. The monoisotopic (exact) mass is 321 g/mol. The van der Waals surface area contributed by atoms with Crippen molar-refractivity contribution in [2.75, 3.05) is 24.2 Å². The molecular formula is C15H19N3O3S. The Morgan fingerprint density at radius 2 is 2.09 bits per heavy atom. The second-order valence-corrected chi connectivity index (χ2v) is 7.69. The fraction of sp³-hybridized carbons (Fsp3) is 0.467. The molecule has 1 atom stereocenters. The van der Waals surface area contributed by atoms with Crippen molar-refractivity contribution in [3.8, 4) is 0 Å². The van der Waals surface area contributed by atoms with Crippen molar-refractivity contribution in [2.45, 2.75) is 30.6 Å². The zero-order valence-corrected chi connectivity index (χ0v) is 13.5. The Hall–Kier alpha value is -1.89. The molecule has 7 heteroatoms. The van der Waals surface area contributed by atoms with Gasteiger partial charge >= 0.3 is 0 Å². The number of aryl methyl sites for hydroxylation is 1. The third-order valence-electron chi connectivity index (χ3n) is 3.92. The van der Waals surface area contributed by atoms with Crippen molar-refractivity contribution in [3.63, 3.8) is 0 Å². The van der Waals surface area contributed by atoms with Crippen molar-refractivity contribution in [1.82, 2.24) is 10.1 Å². The molecule has 1 fully saturated rings. The van der Waals surface area contributed by atoms with E-state index in [0.29, 0.717) is 23.2 Å². The number of piperidine rings is 1. The molecule has 0 bridgehead atoms. The summed E-state index contributed by atoms with van der Waals surface area (Å²) in [6.07, 6.45) is 3.18. The highest BCUT2D eigenvalue weighted by atomic mass is 32.2. The Labute approximate surface area is 130 Å². The zero-order chi connectivity index (χ0) is 15.7. The SMILES string of the molecule is Cc1noc([C@@H]2CCCN(c3ccccc3S(C)(=O)=O)C2)n1. The first-order chi connectivity index (χ1) is 10.4. The maximum absolute atomic E-state index is 12.0. The van der Waals surface area contributed by atoms with Gasteiger partial charge in [0.25, 0.3) is 0 Å². The predicted octanol–water partition coefficient (Wildman–Crippen LogP) is 2.17. The van der Waals surface area contributed by atoms with E-state index in [1.807, 2.05) is 12.1 Å². The number of hydrogen-bond donors (Lipinski definition) is 0. The first-order valence-electron chi connectivity index (χ1n) is 7.29. The lowest BCUT2D eigenvalue weighted by Gasteiger charge is -2.33. The number of para-hydroxylation sites is 1. The third kappa shape index (κ3) is 2.99. The van der Waals surface area contributed by atoms with Crippen molar-refractivity contribution >= 4 is 15.5 Å². The van der Waals surface area contributed by atoms with Gasteiger partial charge in [0.2, 0.25) is 5.89 Å². The van der Waals surface area contributed by atoms with Gasteiger partial charge in [-0.05, 0) is 31.9 Å². The van der Waals surface area contributed by atoms with Crippen molar-refractivity contribution in [2.24, 2.45) is 0 Å². The highest BCUT2D eigenvalue weighted by Crippen LogP contribution is 2.32. The molecule has 0 radical (unpaired) electrons. The Morgan fingerprint density at radius 3 is 2.77 bits per heavy atom. The summed E-state index contributed by atoms with van der Waals surface area (Å²) in [5.74, 6) is 1.41. The van der Waals surface area contributed by atoms with Crippen LogP contribution >= 0.6 is 0 Å². The average molecular weight is 321 g/mol. The lowest BCUT2D eigenvalue weighted by molar-refractivity contribution is 0.331. The number of anilines is 1. The number of rotatable bonds is 3. The summed E-state index contributed by atoms with van der Waals surface area (Å²) in [6, 6.07) is 7.14. The summed E-state index contributed by atoms with van der Waals surface area (Å²) >= 11 is 0. The van der Waals surface area contributed by atoms with Crippen LogP contribution in [0.25, 0.3) is 0 Å². The van der Waals surface area contributed by atoms with Crippen LogP contribution in [-0.4, -0.2) is 37.9 Å². The molecule has 0 aliphatic carbocycles. The third-order valence-corrected chi connectivity index (χ3v) is 5.06. The molecule has 2 aromatic rings. The van der Waals surface area contributed by atoms with Crippen LogP contribution in [-0.2, 0) is 9.84 Å². The molecule has 0 N–H and O–H groups in total. The number of sulfone groups is 1. The minimum Gasteiger partial charge on any atom is -0.370 e. The van der Waals surface area contributed by atoms with E-state index in [9.17, 15) is 8.42 Å². The predicted molar refractivity (Wildman–Crippen MR) is 82.8 cm³/mol. The van der Waals surface area contributed by atoms with E-state index in [4.69, 9.17) is 4.52 Å². The van der Waals surface area contributed by atoms with Crippen LogP contribution in [0.3, 0.4) is 0 Å². The van der Waals surface area contributed by atoms with Gasteiger partial charge in [0, 0.05) is 19.3 Å². The molecule has 0 saturated carbocycles. The van der Waals surface area contributed by atoms with Crippen LogP contribution in [0.2, 0.25) is 0 Å². The van der Waals surface area contributed by atoms with E-state index >= 15 is 0 Å². The van der Waals surface area contributed by atoms with Crippen LogP contribution in [0.1, 0.15) is 30.5 Å². The largest absolute Gasteiger partial charge is 0.370 e. The Bertz CT molecular complexity index is 770. The van der Waals surface area contributed by atoms with Gasteiger partial charge in [-0.3, -0.25) is 0 Å². The highest BCUT2D eigenvalue weighted by Gasteiger charge is 2.28. The van der Waals surface area contributed by atoms with Gasteiger partial charge in [0.15, 0.2) is 15.7 Å². The Balaban J connectivity index is 1.90. The average Bonchev–Trinajstić information content (AvgIpc) is 2.93. The minimum absolute atomic E-state index is 0.141. The lowest BCUT2D eigenvalue weighted by atomic mass is 9.97. The number of aromatic nitrogens is 2. The summed E-state index contributed by atoms with van der Waals surface area (Å²) in [7, 11) is -3.25. The summed E-state index contributed by atoms with van der Waals surface area (Å²) in [4.78, 5) is 6.78. The van der Waals surface area contributed by atoms with Gasteiger partial charge in [-0.2, -0.15) is 4.98 Å². The van der Waals surface area contributed by atoms with Crippen molar-refractivity contribution < 1.29 is 12.9 Å². The first kappa shape index (κ1) is 15.0. The minimum atomic E-state index is -3.25. The van der Waals surface area contributed by atoms with Crippen LogP contribution in [0, 0.1) is 6.92 Å². The quantitative estimate of drug-likeness (QED) is 0.862. The summed E-state index contributed by atoms with van der Waals surface area (Å²) < 4.78 is 29.2. The van der Waals surface area contributed by atoms with E-state index in [-0.39, 0.29) is 5.92 Å². The normalized spacial score (nSPS) is 19.4. The molecule has 0 amide bonds. The molecule has 22 heavy (non-hydrogen) atoms. The van der Waals surface area contributed by atoms with Gasteiger partial charge in [-0.1, -0.05) is 17.3 Å². The van der Waals surface area contributed by atoms with Crippen molar-refractivity contribution in [3.05, 3.63) is 36.0 Å². The topological polar surface area (TPSA) is 76.3 Å². The molecular weight excluding hydrogens is 302 g/mol. The van der Waals surface area contributed by atoms with Crippen LogP contribution < -0.4 is 4.90 Å². The highest BCUT2D eigenvalue weighted by molar-refractivity contribution is 7.90. The molecule has 1 aromatic carbocycles. The number of benzene rings is 1. The fourth-order valence-corrected chi connectivity index (χ4v) is 3.81. The van der Waals surface area contributed by atoms with Gasteiger partial charge < -0.3 is 9.42 Å². The molecule has 118 valence electrons.